The number of hydrogen-bond donors (Lipinski definition) is 1. The zero-order valence-corrected chi connectivity index (χ0v) is 18.6. The van der Waals surface area contributed by atoms with Crippen LogP contribution in [0.2, 0.25) is 0 Å². The summed E-state index contributed by atoms with van der Waals surface area (Å²) in [5.41, 5.74) is 1.62. The summed E-state index contributed by atoms with van der Waals surface area (Å²) in [7, 11) is -1.19. The predicted molar refractivity (Wildman–Crippen MR) is 122 cm³/mol. The quantitative estimate of drug-likeness (QED) is 0.767. The van der Waals surface area contributed by atoms with Crippen LogP contribution in [0.15, 0.2) is 48.5 Å². The van der Waals surface area contributed by atoms with Crippen LogP contribution < -0.4 is 14.4 Å². The van der Waals surface area contributed by atoms with Gasteiger partial charge in [0.05, 0.1) is 11.4 Å². The van der Waals surface area contributed by atoms with Crippen molar-refractivity contribution in [3.05, 3.63) is 54.1 Å². The molecule has 0 radical (unpaired) electrons. The van der Waals surface area contributed by atoms with E-state index in [1.54, 1.807) is 24.3 Å². The fraction of sp³-hybridized carbons (Fsp3) is 0.435. The SMILES string of the molecule is CN1CCC(Oc2ccc(NC(=O)c3cccc(N4CCCCS4(=O)=O)c3)cc2)CC1. The van der Waals surface area contributed by atoms with Crippen molar-refractivity contribution >= 4 is 27.3 Å². The third-order valence-electron chi connectivity index (χ3n) is 5.83. The van der Waals surface area contributed by atoms with Crippen LogP contribution in [0.5, 0.6) is 5.75 Å². The van der Waals surface area contributed by atoms with E-state index in [-0.39, 0.29) is 17.8 Å². The predicted octanol–water partition coefficient (Wildman–Crippen LogP) is 3.34. The van der Waals surface area contributed by atoms with Gasteiger partial charge in [0.1, 0.15) is 11.9 Å². The number of rotatable bonds is 5. The molecule has 7 nitrogen and oxygen atoms in total. The zero-order valence-electron chi connectivity index (χ0n) is 17.8. The molecule has 2 aliphatic heterocycles. The minimum atomic E-state index is -3.31. The van der Waals surface area contributed by atoms with Crippen LogP contribution in [0, 0.1) is 0 Å². The molecule has 2 aromatic rings. The van der Waals surface area contributed by atoms with Crippen molar-refractivity contribution in [3.8, 4) is 5.75 Å². The number of hydrogen-bond acceptors (Lipinski definition) is 5. The molecule has 0 saturated carbocycles. The summed E-state index contributed by atoms with van der Waals surface area (Å²) >= 11 is 0. The molecule has 0 bridgehead atoms. The lowest BCUT2D eigenvalue weighted by Crippen LogP contribution is -2.37. The highest BCUT2D eigenvalue weighted by atomic mass is 32.2. The largest absolute Gasteiger partial charge is 0.490 e. The van der Waals surface area contributed by atoms with E-state index in [9.17, 15) is 13.2 Å². The van der Waals surface area contributed by atoms with E-state index in [1.165, 1.54) is 4.31 Å². The van der Waals surface area contributed by atoms with Crippen molar-refractivity contribution in [2.24, 2.45) is 0 Å². The van der Waals surface area contributed by atoms with Crippen LogP contribution in [-0.2, 0) is 10.0 Å². The van der Waals surface area contributed by atoms with Gasteiger partial charge in [-0.05, 0) is 75.2 Å². The topological polar surface area (TPSA) is 79.0 Å². The number of carbonyl (C=O) groups excluding carboxylic acids is 1. The Kier molecular flexibility index (Phi) is 6.48. The summed E-state index contributed by atoms with van der Waals surface area (Å²) in [6.45, 7) is 2.53. The smallest absolute Gasteiger partial charge is 0.255 e. The molecule has 2 aliphatic rings. The van der Waals surface area contributed by atoms with Crippen LogP contribution in [0.25, 0.3) is 0 Å². The lowest BCUT2D eigenvalue weighted by atomic mass is 10.1. The van der Waals surface area contributed by atoms with E-state index >= 15 is 0 Å². The maximum Gasteiger partial charge on any atom is 0.255 e. The van der Waals surface area contributed by atoms with Gasteiger partial charge in [-0.2, -0.15) is 0 Å². The number of likely N-dealkylation sites (tertiary alicyclic amines) is 1. The van der Waals surface area contributed by atoms with Gasteiger partial charge in [0.2, 0.25) is 10.0 Å². The number of ether oxygens (including phenoxy) is 1. The Balaban J connectivity index is 1.39. The number of benzene rings is 2. The number of nitrogens with zero attached hydrogens (tertiary/aromatic N) is 2. The van der Waals surface area contributed by atoms with Gasteiger partial charge in [-0.25, -0.2) is 8.42 Å². The summed E-state index contributed by atoms with van der Waals surface area (Å²) in [6, 6.07) is 14.1. The van der Waals surface area contributed by atoms with E-state index in [0.29, 0.717) is 29.9 Å². The molecule has 4 rings (SSSR count). The van der Waals surface area contributed by atoms with Gasteiger partial charge in [0, 0.05) is 30.9 Å². The molecule has 8 heteroatoms. The average molecular weight is 444 g/mol. The van der Waals surface area contributed by atoms with Crippen LogP contribution in [-0.4, -0.2) is 57.8 Å². The summed E-state index contributed by atoms with van der Waals surface area (Å²) in [4.78, 5) is 15.0. The Morgan fingerprint density at radius 2 is 1.77 bits per heavy atom. The number of anilines is 2. The maximum atomic E-state index is 12.7. The summed E-state index contributed by atoms with van der Waals surface area (Å²) < 4.78 is 32.2. The van der Waals surface area contributed by atoms with E-state index in [1.807, 2.05) is 24.3 Å². The highest BCUT2D eigenvalue weighted by molar-refractivity contribution is 7.92. The second-order valence-electron chi connectivity index (χ2n) is 8.24. The lowest BCUT2D eigenvalue weighted by molar-refractivity contribution is 0.102. The molecular weight excluding hydrogens is 414 g/mol. The maximum absolute atomic E-state index is 12.7. The van der Waals surface area contributed by atoms with Crippen molar-refractivity contribution in [3.63, 3.8) is 0 Å². The molecule has 0 aliphatic carbocycles. The van der Waals surface area contributed by atoms with Crippen LogP contribution >= 0.6 is 0 Å². The molecule has 2 heterocycles. The minimum Gasteiger partial charge on any atom is -0.490 e. The summed E-state index contributed by atoms with van der Waals surface area (Å²) in [5, 5.41) is 2.88. The fourth-order valence-corrected chi connectivity index (χ4v) is 5.63. The monoisotopic (exact) mass is 443 g/mol. The van der Waals surface area contributed by atoms with Crippen molar-refractivity contribution in [1.82, 2.24) is 4.90 Å². The van der Waals surface area contributed by atoms with Gasteiger partial charge in [0.15, 0.2) is 0 Å². The molecule has 166 valence electrons. The lowest BCUT2D eigenvalue weighted by Gasteiger charge is -2.29. The molecule has 1 N–H and O–H groups in total. The molecule has 2 aromatic carbocycles. The summed E-state index contributed by atoms with van der Waals surface area (Å²) in [5.74, 6) is 0.667. The van der Waals surface area contributed by atoms with Crippen molar-refractivity contribution < 1.29 is 17.9 Å². The van der Waals surface area contributed by atoms with Crippen LogP contribution in [0.4, 0.5) is 11.4 Å². The molecule has 31 heavy (non-hydrogen) atoms. The molecular formula is C23H29N3O4S. The van der Waals surface area contributed by atoms with E-state index in [2.05, 4.69) is 17.3 Å². The standard InChI is InChI=1S/C23H29N3O4S/c1-25-14-11-22(12-15-25)30-21-9-7-19(8-10-21)24-23(27)18-5-4-6-20(17-18)26-13-2-3-16-31(26,28)29/h4-10,17,22H,2-3,11-16H2,1H3,(H,24,27). The Labute approximate surface area is 184 Å². The highest BCUT2D eigenvalue weighted by Gasteiger charge is 2.26. The second kappa shape index (κ2) is 9.28. The average Bonchev–Trinajstić information content (AvgIpc) is 2.76. The van der Waals surface area contributed by atoms with Crippen LogP contribution in [0.1, 0.15) is 36.0 Å². The summed E-state index contributed by atoms with van der Waals surface area (Å²) in [6.07, 6.45) is 3.75. The van der Waals surface area contributed by atoms with Crippen molar-refractivity contribution in [2.45, 2.75) is 31.8 Å². The van der Waals surface area contributed by atoms with Gasteiger partial charge in [-0.3, -0.25) is 9.10 Å². The zero-order chi connectivity index (χ0) is 21.8. The number of amides is 1. The first kappa shape index (κ1) is 21.6. The molecule has 0 aromatic heterocycles. The molecule has 1 amide bonds. The number of piperidine rings is 1. The molecule has 2 saturated heterocycles. The van der Waals surface area contributed by atoms with Gasteiger partial charge in [-0.1, -0.05) is 6.07 Å². The molecule has 0 spiro atoms. The van der Waals surface area contributed by atoms with E-state index in [0.717, 1.165) is 38.1 Å². The Morgan fingerprint density at radius 1 is 1.03 bits per heavy atom. The van der Waals surface area contributed by atoms with Crippen molar-refractivity contribution in [1.29, 1.82) is 0 Å². The first-order valence-electron chi connectivity index (χ1n) is 10.8. The van der Waals surface area contributed by atoms with Gasteiger partial charge in [0.25, 0.3) is 5.91 Å². The number of sulfonamides is 1. The van der Waals surface area contributed by atoms with Gasteiger partial charge in [-0.15, -0.1) is 0 Å². The molecule has 0 unspecified atom stereocenters. The third-order valence-corrected chi connectivity index (χ3v) is 7.70. The third kappa shape index (κ3) is 5.37. The minimum absolute atomic E-state index is 0.148. The Morgan fingerprint density at radius 3 is 2.48 bits per heavy atom. The second-order valence-corrected chi connectivity index (χ2v) is 10.3. The molecule has 2 fully saturated rings. The normalized spacial score (nSPS) is 19.7. The van der Waals surface area contributed by atoms with E-state index in [4.69, 9.17) is 4.74 Å². The first-order valence-corrected chi connectivity index (χ1v) is 12.4. The molecule has 0 atom stereocenters. The van der Waals surface area contributed by atoms with Crippen molar-refractivity contribution in [2.75, 3.05) is 42.1 Å². The fourth-order valence-electron chi connectivity index (χ4n) is 4.00. The highest BCUT2D eigenvalue weighted by Crippen LogP contribution is 2.25. The number of nitrogens with one attached hydrogen (secondary N) is 1. The van der Waals surface area contributed by atoms with Gasteiger partial charge >= 0.3 is 0 Å². The number of carbonyl (C=O) groups is 1. The first-order chi connectivity index (χ1) is 14.9. The Bertz CT molecular complexity index is 1020. The van der Waals surface area contributed by atoms with Gasteiger partial charge < -0.3 is 15.0 Å². The van der Waals surface area contributed by atoms with Crippen LogP contribution in [0.3, 0.4) is 0 Å². The van der Waals surface area contributed by atoms with E-state index < -0.39 is 10.0 Å². The Hall–Kier alpha value is -2.58.